The molecule has 0 aliphatic carbocycles. The van der Waals surface area contributed by atoms with Crippen molar-refractivity contribution in [3.05, 3.63) is 60.2 Å². The first-order chi connectivity index (χ1) is 17.4. The summed E-state index contributed by atoms with van der Waals surface area (Å²) in [6, 6.07) is 17.7. The molecule has 0 saturated carbocycles. The number of hydrogen-bond donors (Lipinski definition) is 1. The summed E-state index contributed by atoms with van der Waals surface area (Å²) in [5.41, 5.74) is 2.85. The normalized spacial score (nSPS) is 12.3. The molecule has 36 heavy (non-hydrogen) atoms. The van der Waals surface area contributed by atoms with Crippen LogP contribution in [0.5, 0.6) is 17.4 Å². The van der Waals surface area contributed by atoms with Crippen molar-refractivity contribution in [3.8, 4) is 28.6 Å². The molecule has 7 heteroatoms. The second-order valence-electron chi connectivity index (χ2n) is 9.55. The van der Waals surface area contributed by atoms with E-state index in [0.717, 1.165) is 36.2 Å². The molecule has 0 aliphatic rings. The van der Waals surface area contributed by atoms with Gasteiger partial charge in [-0.05, 0) is 24.5 Å². The summed E-state index contributed by atoms with van der Waals surface area (Å²) < 4.78 is 19.4. The average molecular weight is 496 g/mol. The highest BCUT2D eigenvalue weighted by molar-refractivity contribution is 5.66. The van der Waals surface area contributed by atoms with Crippen LogP contribution in [0.15, 0.2) is 54.6 Å². The molecule has 2 aromatic carbocycles. The number of ether oxygens (including phenoxy) is 3. The molecule has 0 fully saturated rings. The molecular formula is C29H41N3O4. The molecular weight excluding hydrogens is 454 g/mol. The predicted molar refractivity (Wildman–Crippen MR) is 144 cm³/mol. The van der Waals surface area contributed by atoms with Gasteiger partial charge in [-0.2, -0.15) is 5.10 Å². The minimum absolute atomic E-state index is 0.331. The maximum Gasteiger partial charge on any atom is 0.222 e. The van der Waals surface area contributed by atoms with E-state index in [-0.39, 0.29) is 0 Å². The van der Waals surface area contributed by atoms with E-state index in [1.54, 1.807) is 11.8 Å². The molecule has 0 radical (unpaired) electrons. The van der Waals surface area contributed by atoms with E-state index in [2.05, 4.69) is 37.8 Å². The Bertz CT molecular complexity index is 1050. The molecule has 1 heterocycles. The molecule has 7 nitrogen and oxygen atoms in total. The Morgan fingerprint density at radius 2 is 1.69 bits per heavy atom. The average Bonchev–Trinajstić information content (AvgIpc) is 3.17. The Hall–Kier alpha value is -2.87. The fraction of sp³-hybridized carbons (Fsp3) is 0.483. The van der Waals surface area contributed by atoms with Crippen LogP contribution in [0.3, 0.4) is 0 Å². The number of hydrogen-bond acceptors (Lipinski definition) is 6. The number of para-hydroxylation sites is 2. The fourth-order valence-electron chi connectivity index (χ4n) is 4.22. The van der Waals surface area contributed by atoms with E-state index in [9.17, 15) is 5.11 Å². The lowest BCUT2D eigenvalue weighted by atomic mass is 10.1. The Balaban J connectivity index is 1.93. The van der Waals surface area contributed by atoms with Crippen molar-refractivity contribution in [3.63, 3.8) is 0 Å². The van der Waals surface area contributed by atoms with Crippen molar-refractivity contribution in [2.75, 3.05) is 33.4 Å². The van der Waals surface area contributed by atoms with Crippen molar-refractivity contribution in [2.24, 2.45) is 13.0 Å². The van der Waals surface area contributed by atoms with Crippen LogP contribution in [0, 0.1) is 5.92 Å². The van der Waals surface area contributed by atoms with Crippen molar-refractivity contribution in [1.29, 1.82) is 0 Å². The van der Waals surface area contributed by atoms with Crippen molar-refractivity contribution in [1.82, 2.24) is 14.7 Å². The zero-order chi connectivity index (χ0) is 25.9. The molecule has 0 saturated heterocycles. The number of nitrogens with zero attached hydrogens (tertiary/aromatic N) is 3. The van der Waals surface area contributed by atoms with Crippen LogP contribution in [-0.2, 0) is 18.3 Å². The van der Waals surface area contributed by atoms with E-state index in [1.165, 1.54) is 0 Å². The maximum atomic E-state index is 10.7. The molecule has 1 atom stereocenters. The van der Waals surface area contributed by atoms with Crippen LogP contribution in [0.4, 0.5) is 0 Å². The summed E-state index contributed by atoms with van der Waals surface area (Å²) in [7, 11) is 3.53. The molecule has 0 unspecified atom stereocenters. The van der Waals surface area contributed by atoms with E-state index in [0.29, 0.717) is 49.6 Å². The molecule has 1 aromatic heterocycles. The lowest BCUT2D eigenvalue weighted by molar-refractivity contribution is 0.0124. The second kappa shape index (κ2) is 14.0. The van der Waals surface area contributed by atoms with E-state index in [4.69, 9.17) is 19.3 Å². The minimum Gasteiger partial charge on any atom is -0.493 e. The van der Waals surface area contributed by atoms with Crippen molar-refractivity contribution < 1.29 is 19.3 Å². The highest BCUT2D eigenvalue weighted by atomic mass is 16.5. The van der Waals surface area contributed by atoms with Gasteiger partial charge in [0.1, 0.15) is 5.69 Å². The van der Waals surface area contributed by atoms with Gasteiger partial charge in [0.15, 0.2) is 11.5 Å². The van der Waals surface area contributed by atoms with Gasteiger partial charge >= 0.3 is 0 Å². The lowest BCUT2D eigenvalue weighted by Gasteiger charge is -2.27. The van der Waals surface area contributed by atoms with Crippen LogP contribution >= 0.6 is 0 Å². The largest absolute Gasteiger partial charge is 0.493 e. The highest BCUT2D eigenvalue weighted by Crippen LogP contribution is 2.37. The van der Waals surface area contributed by atoms with Gasteiger partial charge in [0, 0.05) is 38.9 Å². The van der Waals surface area contributed by atoms with Gasteiger partial charge in [0.25, 0.3) is 0 Å². The zero-order valence-corrected chi connectivity index (χ0v) is 22.3. The van der Waals surface area contributed by atoms with E-state index in [1.807, 2.05) is 49.5 Å². The number of aliphatic hydroxyl groups excluding tert-OH is 1. The fourth-order valence-corrected chi connectivity index (χ4v) is 4.22. The quantitative estimate of drug-likeness (QED) is 0.280. The summed E-state index contributed by atoms with van der Waals surface area (Å²) in [5, 5.41) is 15.6. The van der Waals surface area contributed by atoms with Gasteiger partial charge in [0.2, 0.25) is 5.88 Å². The third kappa shape index (κ3) is 7.82. The van der Waals surface area contributed by atoms with Crippen LogP contribution in [0.2, 0.25) is 0 Å². The second-order valence-corrected chi connectivity index (χ2v) is 9.55. The van der Waals surface area contributed by atoms with Gasteiger partial charge in [-0.25, -0.2) is 4.68 Å². The number of aromatic nitrogens is 2. The smallest absolute Gasteiger partial charge is 0.222 e. The molecule has 3 aromatic rings. The predicted octanol–water partition coefficient (Wildman–Crippen LogP) is 5.52. The lowest BCUT2D eigenvalue weighted by Crippen LogP contribution is -2.37. The molecule has 0 spiro atoms. The molecule has 3 rings (SSSR count). The Kier molecular flexibility index (Phi) is 10.8. The Morgan fingerprint density at radius 1 is 1.00 bits per heavy atom. The van der Waals surface area contributed by atoms with Crippen molar-refractivity contribution in [2.45, 2.75) is 46.3 Å². The number of aliphatic hydroxyl groups is 1. The van der Waals surface area contributed by atoms with Crippen LogP contribution in [0.1, 0.15) is 39.2 Å². The van der Waals surface area contributed by atoms with Crippen LogP contribution in [0.25, 0.3) is 11.3 Å². The Labute approximate surface area is 215 Å². The minimum atomic E-state index is -0.573. The first-order valence-electron chi connectivity index (χ1n) is 12.8. The van der Waals surface area contributed by atoms with E-state index >= 15 is 0 Å². The molecule has 0 bridgehead atoms. The molecule has 0 amide bonds. The highest BCUT2D eigenvalue weighted by Gasteiger charge is 2.24. The summed E-state index contributed by atoms with van der Waals surface area (Å²) in [6.45, 7) is 9.41. The Morgan fingerprint density at radius 3 is 2.36 bits per heavy atom. The monoisotopic (exact) mass is 495 g/mol. The van der Waals surface area contributed by atoms with Crippen molar-refractivity contribution >= 4 is 0 Å². The summed E-state index contributed by atoms with van der Waals surface area (Å²) in [5.74, 6) is 2.36. The van der Waals surface area contributed by atoms with Gasteiger partial charge in [-0.3, -0.25) is 4.90 Å². The SMILES string of the molecule is CCCCOC[C@H](O)CN(Cc1c(-c2ccccc2)nn(C)c1Oc1ccccc1OC)CC(C)C. The number of aryl methyl sites for hydroxylation is 1. The maximum absolute atomic E-state index is 10.7. The number of benzene rings is 2. The van der Waals surface area contributed by atoms with Gasteiger partial charge in [-0.1, -0.05) is 69.7 Å². The van der Waals surface area contributed by atoms with Crippen LogP contribution in [-0.4, -0.2) is 59.3 Å². The zero-order valence-electron chi connectivity index (χ0n) is 22.3. The van der Waals surface area contributed by atoms with Gasteiger partial charge in [-0.15, -0.1) is 0 Å². The number of unbranched alkanes of at least 4 members (excludes halogenated alkanes) is 1. The summed E-state index contributed by atoms with van der Waals surface area (Å²) in [4.78, 5) is 2.26. The third-order valence-corrected chi connectivity index (χ3v) is 5.84. The first-order valence-corrected chi connectivity index (χ1v) is 12.8. The third-order valence-electron chi connectivity index (χ3n) is 5.84. The summed E-state index contributed by atoms with van der Waals surface area (Å²) in [6.07, 6.45) is 1.51. The number of rotatable bonds is 15. The van der Waals surface area contributed by atoms with E-state index < -0.39 is 6.10 Å². The van der Waals surface area contributed by atoms with Gasteiger partial charge < -0.3 is 19.3 Å². The van der Waals surface area contributed by atoms with Gasteiger partial charge in [0.05, 0.1) is 25.4 Å². The summed E-state index contributed by atoms with van der Waals surface area (Å²) >= 11 is 0. The molecule has 1 N–H and O–H groups in total. The standard InChI is InChI=1S/C29H41N3O4/c1-6-7-17-35-21-24(33)19-32(18-22(2)3)20-25-28(23-13-9-8-10-14-23)30-31(4)29(25)36-27-16-12-11-15-26(27)34-5/h8-16,22,24,33H,6-7,17-21H2,1-5H3/t24-/m1/s1. The molecule has 196 valence electrons. The molecule has 0 aliphatic heterocycles. The number of methoxy groups -OCH3 is 1. The topological polar surface area (TPSA) is 69.0 Å². The van der Waals surface area contributed by atoms with Crippen LogP contribution < -0.4 is 9.47 Å². The first kappa shape index (κ1) is 27.7.